The van der Waals surface area contributed by atoms with Crippen LogP contribution in [0, 0.1) is 18.3 Å². The molecule has 0 fully saturated rings. The number of benzene rings is 1. The van der Waals surface area contributed by atoms with Crippen LogP contribution in [0.1, 0.15) is 24.0 Å². The first-order chi connectivity index (χ1) is 8.46. The number of hydrogen-bond acceptors (Lipinski definition) is 3. The molecular weight excluding hydrogens is 316 g/mol. The largest absolute Gasteiger partial charge is 0.212 e. The zero-order valence-corrected chi connectivity index (χ0v) is 12.5. The van der Waals surface area contributed by atoms with Crippen molar-refractivity contribution in [2.45, 2.75) is 26.3 Å². The third kappa shape index (κ3) is 4.77. The second kappa shape index (κ2) is 6.88. The second-order valence-electron chi connectivity index (χ2n) is 3.95. The van der Waals surface area contributed by atoms with Crippen molar-refractivity contribution in [1.29, 1.82) is 5.26 Å². The first kappa shape index (κ1) is 15.2. The molecule has 0 spiro atoms. The predicted molar refractivity (Wildman–Crippen MR) is 74.4 cm³/mol. The Labute approximate surface area is 116 Å². The highest BCUT2D eigenvalue weighted by atomic mass is 79.9. The standard InChI is InChI=1S/C12H15BrN2O2S/c1-10-5-4-6-11(12(10)13)9-15-18(16,17)8-3-2-7-14/h4-6,15H,2-3,8-9H2,1H3. The highest BCUT2D eigenvalue weighted by Gasteiger charge is 2.10. The van der Waals surface area contributed by atoms with E-state index < -0.39 is 10.0 Å². The van der Waals surface area contributed by atoms with Crippen molar-refractivity contribution in [3.8, 4) is 6.07 Å². The van der Waals surface area contributed by atoms with Gasteiger partial charge in [-0.3, -0.25) is 0 Å². The van der Waals surface area contributed by atoms with E-state index in [-0.39, 0.29) is 18.7 Å². The lowest BCUT2D eigenvalue weighted by Crippen LogP contribution is -2.26. The maximum Gasteiger partial charge on any atom is 0.211 e. The molecule has 0 aliphatic rings. The van der Waals surface area contributed by atoms with E-state index >= 15 is 0 Å². The Morgan fingerprint density at radius 3 is 2.83 bits per heavy atom. The average molecular weight is 331 g/mol. The molecule has 1 N–H and O–H groups in total. The number of unbranched alkanes of at least 4 members (excludes halogenated alkanes) is 1. The van der Waals surface area contributed by atoms with E-state index in [4.69, 9.17) is 5.26 Å². The van der Waals surface area contributed by atoms with Crippen LogP contribution >= 0.6 is 15.9 Å². The molecule has 0 saturated heterocycles. The molecule has 0 bridgehead atoms. The van der Waals surface area contributed by atoms with Gasteiger partial charge in [0.1, 0.15) is 0 Å². The van der Waals surface area contributed by atoms with Crippen LogP contribution in [0.5, 0.6) is 0 Å². The van der Waals surface area contributed by atoms with Crippen molar-refractivity contribution in [2.75, 3.05) is 5.75 Å². The number of aryl methyl sites for hydroxylation is 1. The summed E-state index contributed by atoms with van der Waals surface area (Å²) in [5.74, 6) is -0.00993. The molecule has 0 aliphatic carbocycles. The van der Waals surface area contributed by atoms with E-state index in [1.54, 1.807) is 0 Å². The van der Waals surface area contributed by atoms with Crippen LogP contribution in [0.3, 0.4) is 0 Å². The Morgan fingerprint density at radius 2 is 2.17 bits per heavy atom. The summed E-state index contributed by atoms with van der Waals surface area (Å²) >= 11 is 3.43. The van der Waals surface area contributed by atoms with Gasteiger partial charge in [-0.15, -0.1) is 0 Å². The Hall–Kier alpha value is -0.900. The summed E-state index contributed by atoms with van der Waals surface area (Å²) in [6.45, 7) is 2.21. The number of sulfonamides is 1. The molecule has 1 aromatic carbocycles. The molecule has 4 nitrogen and oxygen atoms in total. The molecule has 6 heteroatoms. The van der Waals surface area contributed by atoms with Gasteiger partial charge in [0, 0.05) is 17.4 Å². The fourth-order valence-corrected chi connectivity index (χ4v) is 2.89. The maximum absolute atomic E-state index is 11.6. The molecule has 0 heterocycles. The molecule has 0 amide bonds. The SMILES string of the molecule is Cc1cccc(CNS(=O)(=O)CCCC#N)c1Br. The lowest BCUT2D eigenvalue weighted by molar-refractivity contribution is 0.579. The van der Waals surface area contributed by atoms with Crippen molar-refractivity contribution in [2.24, 2.45) is 0 Å². The van der Waals surface area contributed by atoms with Gasteiger partial charge < -0.3 is 0 Å². The molecule has 0 aromatic heterocycles. The van der Waals surface area contributed by atoms with Crippen LogP contribution in [0.4, 0.5) is 0 Å². The Kier molecular flexibility index (Phi) is 5.79. The van der Waals surface area contributed by atoms with Crippen LogP contribution < -0.4 is 4.72 Å². The number of nitrogens with one attached hydrogen (secondary N) is 1. The topological polar surface area (TPSA) is 70.0 Å². The fourth-order valence-electron chi connectivity index (χ4n) is 1.45. The van der Waals surface area contributed by atoms with E-state index in [9.17, 15) is 8.42 Å². The third-order valence-corrected chi connectivity index (χ3v) is 5.00. The zero-order chi connectivity index (χ0) is 13.6. The molecule has 0 unspecified atom stereocenters. The van der Waals surface area contributed by atoms with E-state index in [1.165, 1.54) is 0 Å². The minimum atomic E-state index is -3.30. The van der Waals surface area contributed by atoms with Crippen molar-refractivity contribution in [3.63, 3.8) is 0 Å². The van der Waals surface area contributed by atoms with E-state index in [0.29, 0.717) is 6.42 Å². The molecule has 0 aliphatic heterocycles. The van der Waals surface area contributed by atoms with Crippen LogP contribution in [-0.2, 0) is 16.6 Å². The number of nitriles is 1. The minimum absolute atomic E-state index is 0.00993. The monoisotopic (exact) mass is 330 g/mol. The summed E-state index contributed by atoms with van der Waals surface area (Å²) in [7, 11) is -3.30. The van der Waals surface area contributed by atoms with Gasteiger partial charge in [-0.05, 0) is 24.5 Å². The lowest BCUT2D eigenvalue weighted by atomic mass is 10.1. The Morgan fingerprint density at radius 1 is 1.44 bits per heavy atom. The van der Waals surface area contributed by atoms with Crippen LogP contribution in [-0.4, -0.2) is 14.2 Å². The molecule has 1 aromatic rings. The van der Waals surface area contributed by atoms with Gasteiger partial charge in [0.25, 0.3) is 0 Å². The highest BCUT2D eigenvalue weighted by Crippen LogP contribution is 2.20. The highest BCUT2D eigenvalue weighted by molar-refractivity contribution is 9.10. The molecule has 98 valence electrons. The van der Waals surface area contributed by atoms with Gasteiger partial charge in [0.05, 0.1) is 11.8 Å². The molecule has 18 heavy (non-hydrogen) atoms. The number of nitrogens with zero attached hydrogens (tertiary/aromatic N) is 1. The van der Waals surface area contributed by atoms with Gasteiger partial charge in [-0.25, -0.2) is 13.1 Å². The van der Waals surface area contributed by atoms with Gasteiger partial charge in [-0.1, -0.05) is 34.1 Å². The Balaban J connectivity index is 2.60. The molecule has 0 atom stereocenters. The summed E-state index contributed by atoms with van der Waals surface area (Å²) in [6.07, 6.45) is 0.621. The van der Waals surface area contributed by atoms with Gasteiger partial charge in [-0.2, -0.15) is 5.26 Å². The number of rotatable bonds is 6. The molecular formula is C12H15BrN2O2S. The number of hydrogen-bond donors (Lipinski definition) is 1. The van der Waals surface area contributed by atoms with Crippen LogP contribution in [0.25, 0.3) is 0 Å². The van der Waals surface area contributed by atoms with Crippen molar-refractivity contribution in [3.05, 3.63) is 33.8 Å². The van der Waals surface area contributed by atoms with Crippen molar-refractivity contribution in [1.82, 2.24) is 4.72 Å². The van der Waals surface area contributed by atoms with E-state index in [1.807, 2.05) is 31.2 Å². The average Bonchev–Trinajstić information content (AvgIpc) is 2.31. The minimum Gasteiger partial charge on any atom is -0.212 e. The Bertz CT molecular complexity index is 550. The smallest absolute Gasteiger partial charge is 0.211 e. The third-order valence-electron chi connectivity index (χ3n) is 2.46. The van der Waals surface area contributed by atoms with Gasteiger partial charge >= 0.3 is 0 Å². The van der Waals surface area contributed by atoms with Crippen molar-refractivity contribution < 1.29 is 8.42 Å². The molecule has 0 saturated carbocycles. The van der Waals surface area contributed by atoms with Crippen molar-refractivity contribution >= 4 is 26.0 Å². The summed E-state index contributed by atoms with van der Waals surface area (Å²) in [6, 6.07) is 7.64. The summed E-state index contributed by atoms with van der Waals surface area (Å²) in [5, 5.41) is 8.37. The summed E-state index contributed by atoms with van der Waals surface area (Å²) in [5.41, 5.74) is 1.97. The quantitative estimate of drug-likeness (QED) is 0.814. The zero-order valence-electron chi connectivity index (χ0n) is 10.1. The normalized spacial score (nSPS) is 11.2. The second-order valence-corrected chi connectivity index (χ2v) is 6.67. The van der Waals surface area contributed by atoms with Crippen LogP contribution in [0.15, 0.2) is 22.7 Å². The first-order valence-corrected chi connectivity index (χ1v) is 7.99. The summed E-state index contributed by atoms with van der Waals surface area (Å²) in [4.78, 5) is 0. The predicted octanol–water partition coefficient (Wildman–Crippen LogP) is 2.48. The summed E-state index contributed by atoms with van der Waals surface area (Å²) < 4.78 is 26.7. The maximum atomic E-state index is 11.6. The molecule has 1 rings (SSSR count). The van der Waals surface area contributed by atoms with E-state index in [0.717, 1.165) is 15.6 Å². The van der Waals surface area contributed by atoms with Gasteiger partial charge in [0.2, 0.25) is 10.0 Å². The fraction of sp³-hybridized carbons (Fsp3) is 0.417. The first-order valence-electron chi connectivity index (χ1n) is 5.54. The van der Waals surface area contributed by atoms with Gasteiger partial charge in [0.15, 0.2) is 0 Å². The number of halogens is 1. The molecule has 0 radical (unpaired) electrons. The lowest BCUT2D eigenvalue weighted by Gasteiger charge is -2.09. The van der Waals surface area contributed by atoms with Crippen LogP contribution in [0.2, 0.25) is 0 Å². The van der Waals surface area contributed by atoms with E-state index in [2.05, 4.69) is 20.7 Å².